The van der Waals surface area contributed by atoms with Crippen LogP contribution in [0.2, 0.25) is 0 Å². The molecule has 1 amide bonds. The lowest BCUT2D eigenvalue weighted by Crippen LogP contribution is -2.31. The van der Waals surface area contributed by atoms with E-state index in [0.717, 1.165) is 13.0 Å². The van der Waals surface area contributed by atoms with Gasteiger partial charge in [-0.15, -0.1) is 0 Å². The molecule has 8 nitrogen and oxygen atoms in total. The second kappa shape index (κ2) is 6.38. The number of hydrogen-bond donors (Lipinski definition) is 3. The van der Waals surface area contributed by atoms with Gasteiger partial charge in [0.25, 0.3) is 5.56 Å². The first-order chi connectivity index (χ1) is 10.0. The summed E-state index contributed by atoms with van der Waals surface area (Å²) in [4.78, 5) is 27.8. The number of aromatic nitrogens is 5. The number of H-pyrrole nitrogens is 2. The van der Waals surface area contributed by atoms with Gasteiger partial charge in [-0.1, -0.05) is 6.92 Å². The molecule has 0 aliphatic carbocycles. The molecule has 0 radical (unpaired) electrons. The minimum absolute atomic E-state index is 0.0386. The van der Waals surface area contributed by atoms with Gasteiger partial charge < -0.3 is 10.4 Å². The van der Waals surface area contributed by atoms with E-state index in [1.54, 1.807) is 11.6 Å². The molecule has 8 heteroatoms. The van der Waals surface area contributed by atoms with Crippen LogP contribution >= 0.6 is 0 Å². The van der Waals surface area contributed by atoms with Crippen molar-refractivity contribution in [3.63, 3.8) is 0 Å². The molecular formula is C13H20N6O2. The molecule has 0 aromatic carbocycles. The highest BCUT2D eigenvalue weighted by Gasteiger charge is 2.17. The molecule has 0 saturated carbocycles. The summed E-state index contributed by atoms with van der Waals surface area (Å²) in [6.45, 7) is 6.41. The number of aryl methyl sites for hydroxylation is 2. The molecule has 1 atom stereocenters. The average Bonchev–Trinajstić information content (AvgIpc) is 3.01. The third-order valence-electron chi connectivity index (χ3n) is 3.27. The number of carbonyl (C=O) groups excluding carboxylic acids is 1. The Kier molecular flexibility index (Phi) is 4.56. The average molecular weight is 292 g/mol. The summed E-state index contributed by atoms with van der Waals surface area (Å²) in [5.41, 5.74) is 0.871. The SMILES string of the molecule is CCCn1ncnc1[C@H](C)NC(=O)Cc1c(C)[nH][nH]c1=O. The van der Waals surface area contributed by atoms with E-state index in [-0.39, 0.29) is 23.9 Å². The van der Waals surface area contributed by atoms with E-state index >= 15 is 0 Å². The van der Waals surface area contributed by atoms with Crippen molar-refractivity contribution in [1.82, 2.24) is 30.3 Å². The fourth-order valence-electron chi connectivity index (χ4n) is 2.19. The Morgan fingerprint density at radius 1 is 1.48 bits per heavy atom. The van der Waals surface area contributed by atoms with Crippen molar-refractivity contribution in [2.75, 3.05) is 0 Å². The highest BCUT2D eigenvalue weighted by molar-refractivity contribution is 5.79. The van der Waals surface area contributed by atoms with Gasteiger partial charge in [-0.2, -0.15) is 5.10 Å². The minimum atomic E-state index is -0.260. The summed E-state index contributed by atoms with van der Waals surface area (Å²) >= 11 is 0. The van der Waals surface area contributed by atoms with Crippen LogP contribution in [0.25, 0.3) is 0 Å². The van der Waals surface area contributed by atoms with Gasteiger partial charge in [0.15, 0.2) is 0 Å². The van der Waals surface area contributed by atoms with Gasteiger partial charge in [0.1, 0.15) is 12.2 Å². The summed E-state index contributed by atoms with van der Waals surface area (Å²) in [7, 11) is 0. The molecule has 0 saturated heterocycles. The Hall–Kier alpha value is -2.38. The van der Waals surface area contributed by atoms with E-state index in [9.17, 15) is 9.59 Å². The molecule has 0 aliphatic rings. The lowest BCUT2D eigenvalue weighted by molar-refractivity contribution is -0.121. The van der Waals surface area contributed by atoms with Crippen LogP contribution in [-0.4, -0.2) is 30.9 Å². The molecule has 0 unspecified atom stereocenters. The quantitative estimate of drug-likeness (QED) is 0.717. The Bertz CT molecular complexity index is 668. The van der Waals surface area contributed by atoms with Crippen molar-refractivity contribution < 1.29 is 4.79 Å². The number of nitrogens with one attached hydrogen (secondary N) is 3. The molecule has 0 spiro atoms. The van der Waals surface area contributed by atoms with E-state index in [0.29, 0.717) is 17.1 Å². The monoisotopic (exact) mass is 292 g/mol. The van der Waals surface area contributed by atoms with Gasteiger partial charge in [0.05, 0.1) is 12.5 Å². The van der Waals surface area contributed by atoms with Crippen LogP contribution in [-0.2, 0) is 17.8 Å². The Morgan fingerprint density at radius 2 is 2.24 bits per heavy atom. The normalized spacial score (nSPS) is 12.3. The van der Waals surface area contributed by atoms with Gasteiger partial charge in [-0.3, -0.25) is 14.7 Å². The maximum atomic E-state index is 12.1. The van der Waals surface area contributed by atoms with Crippen LogP contribution in [0, 0.1) is 6.92 Å². The van der Waals surface area contributed by atoms with Crippen LogP contribution < -0.4 is 10.9 Å². The number of hydrogen-bond acceptors (Lipinski definition) is 4. The van der Waals surface area contributed by atoms with Crippen LogP contribution in [0.1, 0.15) is 43.4 Å². The second-order valence-corrected chi connectivity index (χ2v) is 4.99. The number of rotatable bonds is 6. The summed E-state index contributed by atoms with van der Waals surface area (Å²) in [5, 5.41) is 12.1. The predicted molar refractivity (Wildman–Crippen MR) is 76.7 cm³/mol. The van der Waals surface area contributed by atoms with Crippen molar-refractivity contribution in [1.29, 1.82) is 0 Å². The van der Waals surface area contributed by atoms with Crippen LogP contribution in [0.5, 0.6) is 0 Å². The van der Waals surface area contributed by atoms with Crippen LogP contribution in [0.3, 0.4) is 0 Å². The molecule has 0 fully saturated rings. The van der Waals surface area contributed by atoms with Gasteiger partial charge in [0, 0.05) is 17.8 Å². The third-order valence-corrected chi connectivity index (χ3v) is 3.27. The van der Waals surface area contributed by atoms with E-state index in [2.05, 4.69) is 32.5 Å². The maximum absolute atomic E-state index is 12.1. The second-order valence-electron chi connectivity index (χ2n) is 4.99. The summed E-state index contributed by atoms with van der Waals surface area (Å²) in [6.07, 6.45) is 2.46. The topological polar surface area (TPSA) is 108 Å². The van der Waals surface area contributed by atoms with Gasteiger partial charge in [0.2, 0.25) is 5.91 Å². The van der Waals surface area contributed by atoms with Crippen LogP contribution in [0.15, 0.2) is 11.1 Å². The zero-order valence-electron chi connectivity index (χ0n) is 12.4. The van der Waals surface area contributed by atoms with Crippen molar-refractivity contribution >= 4 is 5.91 Å². The van der Waals surface area contributed by atoms with E-state index in [1.165, 1.54) is 6.33 Å². The summed E-state index contributed by atoms with van der Waals surface area (Å²) in [5.74, 6) is 0.492. The number of amides is 1. The van der Waals surface area contributed by atoms with Crippen molar-refractivity contribution in [3.8, 4) is 0 Å². The van der Waals surface area contributed by atoms with Crippen molar-refractivity contribution in [3.05, 3.63) is 33.8 Å². The zero-order chi connectivity index (χ0) is 15.4. The van der Waals surface area contributed by atoms with E-state index in [1.807, 2.05) is 6.92 Å². The van der Waals surface area contributed by atoms with Gasteiger partial charge in [-0.05, 0) is 20.3 Å². The molecule has 21 heavy (non-hydrogen) atoms. The maximum Gasteiger partial charge on any atom is 0.267 e. The number of carbonyl (C=O) groups is 1. The Balaban J connectivity index is 2.02. The predicted octanol–water partition coefficient (Wildman–Crippen LogP) is 0.433. The van der Waals surface area contributed by atoms with Gasteiger partial charge >= 0.3 is 0 Å². The standard InChI is InChI=1S/C13H20N6O2/c1-4-5-19-12(14-7-15-19)9(3)16-11(20)6-10-8(2)17-18-13(10)21/h7,9H,4-6H2,1-3H3,(H,16,20)(H2,17,18,21)/t9-/m0/s1. The third kappa shape index (κ3) is 3.39. The van der Waals surface area contributed by atoms with Gasteiger partial charge in [-0.25, -0.2) is 9.67 Å². The van der Waals surface area contributed by atoms with Crippen LogP contribution in [0.4, 0.5) is 0 Å². The zero-order valence-corrected chi connectivity index (χ0v) is 12.4. The Morgan fingerprint density at radius 3 is 2.86 bits per heavy atom. The summed E-state index contributed by atoms with van der Waals surface area (Å²) in [6, 6.07) is -0.259. The molecule has 0 bridgehead atoms. The van der Waals surface area contributed by atoms with E-state index in [4.69, 9.17) is 0 Å². The molecule has 2 heterocycles. The molecular weight excluding hydrogens is 272 g/mol. The first-order valence-electron chi connectivity index (χ1n) is 6.96. The largest absolute Gasteiger partial charge is 0.346 e. The number of aromatic amines is 2. The molecule has 0 aliphatic heterocycles. The molecule has 3 N–H and O–H groups in total. The molecule has 2 aromatic rings. The molecule has 114 valence electrons. The molecule has 2 aromatic heterocycles. The summed E-state index contributed by atoms with van der Waals surface area (Å²) < 4.78 is 1.78. The van der Waals surface area contributed by atoms with E-state index < -0.39 is 0 Å². The Labute approximate surface area is 122 Å². The van der Waals surface area contributed by atoms with Crippen molar-refractivity contribution in [2.24, 2.45) is 0 Å². The lowest BCUT2D eigenvalue weighted by Gasteiger charge is -2.14. The fraction of sp³-hybridized carbons (Fsp3) is 0.538. The highest BCUT2D eigenvalue weighted by Crippen LogP contribution is 2.09. The number of nitrogens with zero attached hydrogens (tertiary/aromatic N) is 3. The molecule has 2 rings (SSSR count). The lowest BCUT2D eigenvalue weighted by atomic mass is 10.1. The van der Waals surface area contributed by atoms with Crippen molar-refractivity contribution in [2.45, 2.75) is 46.2 Å². The minimum Gasteiger partial charge on any atom is -0.346 e. The highest BCUT2D eigenvalue weighted by atomic mass is 16.2. The smallest absolute Gasteiger partial charge is 0.267 e. The first-order valence-corrected chi connectivity index (χ1v) is 6.96. The first kappa shape index (κ1) is 15.0. The fourth-order valence-corrected chi connectivity index (χ4v) is 2.19.